The number of hydrogen-bond donors (Lipinski definition) is 1. The molecule has 104 valence electrons. The van der Waals surface area contributed by atoms with Crippen molar-refractivity contribution < 1.29 is 9.47 Å². The summed E-state index contributed by atoms with van der Waals surface area (Å²) in [5.74, 6) is 1.42. The average Bonchev–Trinajstić information content (AvgIpc) is 3.00. The lowest BCUT2D eigenvalue weighted by Gasteiger charge is -2.26. The zero-order chi connectivity index (χ0) is 12.9. The Labute approximate surface area is 112 Å². The number of ether oxygens (including phenoxy) is 2. The van der Waals surface area contributed by atoms with Crippen LogP contribution in [0.3, 0.4) is 0 Å². The molecule has 0 amide bonds. The first kappa shape index (κ1) is 12.6. The third-order valence-electron chi connectivity index (χ3n) is 3.38. The third kappa shape index (κ3) is 3.30. The summed E-state index contributed by atoms with van der Waals surface area (Å²) in [5.41, 5.74) is 0. The molecule has 2 aliphatic heterocycles. The van der Waals surface area contributed by atoms with Gasteiger partial charge in [0.1, 0.15) is 0 Å². The highest BCUT2D eigenvalue weighted by Gasteiger charge is 2.17. The maximum atomic E-state index is 5.57. The summed E-state index contributed by atoms with van der Waals surface area (Å²) in [4.78, 5) is 6.58. The van der Waals surface area contributed by atoms with Crippen molar-refractivity contribution in [2.24, 2.45) is 0 Å². The van der Waals surface area contributed by atoms with Gasteiger partial charge in [0.05, 0.1) is 25.5 Å². The van der Waals surface area contributed by atoms with Crippen LogP contribution in [0.1, 0.15) is 12.8 Å². The normalized spacial score (nSPS) is 23.6. The molecule has 3 rings (SSSR count). The van der Waals surface area contributed by atoms with Crippen LogP contribution in [0.4, 0.5) is 11.8 Å². The van der Waals surface area contributed by atoms with Gasteiger partial charge in [-0.25, -0.2) is 0 Å². The van der Waals surface area contributed by atoms with Gasteiger partial charge in [0.25, 0.3) is 0 Å². The molecule has 1 aromatic heterocycles. The number of rotatable bonds is 4. The molecule has 0 saturated carbocycles. The van der Waals surface area contributed by atoms with Crippen LogP contribution in [-0.4, -0.2) is 60.7 Å². The second kappa shape index (κ2) is 6.12. The molecule has 2 fully saturated rings. The summed E-state index contributed by atoms with van der Waals surface area (Å²) < 4.78 is 10.9. The fourth-order valence-corrected chi connectivity index (χ4v) is 2.30. The average molecular weight is 265 g/mol. The van der Waals surface area contributed by atoms with Gasteiger partial charge < -0.3 is 19.7 Å². The Bertz CT molecular complexity index is 405. The number of morpholine rings is 1. The third-order valence-corrected chi connectivity index (χ3v) is 3.38. The molecule has 19 heavy (non-hydrogen) atoms. The van der Waals surface area contributed by atoms with Gasteiger partial charge in [0.15, 0.2) is 5.82 Å². The summed E-state index contributed by atoms with van der Waals surface area (Å²) in [7, 11) is 0. The second-order valence-corrected chi connectivity index (χ2v) is 4.76. The smallest absolute Gasteiger partial charge is 0.247 e. The van der Waals surface area contributed by atoms with Crippen LogP contribution in [0.2, 0.25) is 0 Å². The van der Waals surface area contributed by atoms with Crippen LogP contribution in [0.25, 0.3) is 0 Å². The lowest BCUT2D eigenvalue weighted by molar-refractivity contribution is 0.120. The van der Waals surface area contributed by atoms with Gasteiger partial charge in [-0.15, -0.1) is 5.10 Å². The Morgan fingerprint density at radius 1 is 1.32 bits per heavy atom. The van der Waals surface area contributed by atoms with Gasteiger partial charge in [0.2, 0.25) is 5.95 Å². The minimum absolute atomic E-state index is 0.293. The molecule has 2 aliphatic rings. The van der Waals surface area contributed by atoms with Gasteiger partial charge in [-0.2, -0.15) is 10.1 Å². The number of hydrogen-bond acceptors (Lipinski definition) is 7. The summed E-state index contributed by atoms with van der Waals surface area (Å²) in [5, 5.41) is 11.4. The SMILES string of the molecule is c1nnc(N2CCOCC2)nc1NCC1CCCO1. The van der Waals surface area contributed by atoms with E-state index < -0.39 is 0 Å². The largest absolute Gasteiger partial charge is 0.378 e. The van der Waals surface area contributed by atoms with E-state index in [0.29, 0.717) is 12.1 Å². The van der Waals surface area contributed by atoms with Crippen molar-refractivity contribution in [3.05, 3.63) is 6.20 Å². The van der Waals surface area contributed by atoms with Gasteiger partial charge in [-0.1, -0.05) is 0 Å². The Hall–Kier alpha value is -1.47. The Morgan fingerprint density at radius 2 is 2.21 bits per heavy atom. The molecular formula is C12H19N5O2. The summed E-state index contributed by atoms with van der Waals surface area (Å²) >= 11 is 0. The first-order chi connectivity index (χ1) is 9.42. The predicted octanol–water partition coefficient (Wildman–Crippen LogP) is 0.299. The molecule has 0 spiro atoms. The van der Waals surface area contributed by atoms with Crippen molar-refractivity contribution in [1.29, 1.82) is 0 Å². The van der Waals surface area contributed by atoms with Gasteiger partial charge in [-0.3, -0.25) is 0 Å². The molecule has 7 nitrogen and oxygen atoms in total. The van der Waals surface area contributed by atoms with Crippen LogP contribution in [0.15, 0.2) is 6.20 Å². The van der Waals surface area contributed by atoms with Crippen LogP contribution >= 0.6 is 0 Å². The zero-order valence-electron chi connectivity index (χ0n) is 10.9. The second-order valence-electron chi connectivity index (χ2n) is 4.76. The highest BCUT2D eigenvalue weighted by molar-refractivity contribution is 5.39. The van der Waals surface area contributed by atoms with Gasteiger partial charge in [0, 0.05) is 26.2 Å². The first-order valence-corrected chi connectivity index (χ1v) is 6.80. The van der Waals surface area contributed by atoms with Crippen LogP contribution < -0.4 is 10.2 Å². The number of aromatic nitrogens is 3. The van der Waals surface area contributed by atoms with Crippen molar-refractivity contribution >= 4 is 11.8 Å². The maximum Gasteiger partial charge on any atom is 0.247 e. The van der Waals surface area contributed by atoms with Crippen molar-refractivity contribution in [1.82, 2.24) is 15.2 Å². The van der Waals surface area contributed by atoms with E-state index in [9.17, 15) is 0 Å². The molecular weight excluding hydrogens is 246 g/mol. The van der Waals surface area contributed by atoms with E-state index in [0.717, 1.165) is 58.1 Å². The molecule has 7 heteroatoms. The van der Waals surface area contributed by atoms with E-state index in [1.54, 1.807) is 6.20 Å². The fraction of sp³-hybridized carbons (Fsp3) is 0.750. The molecule has 1 N–H and O–H groups in total. The predicted molar refractivity (Wildman–Crippen MR) is 70.3 cm³/mol. The van der Waals surface area contributed by atoms with Gasteiger partial charge in [-0.05, 0) is 12.8 Å². The minimum atomic E-state index is 0.293. The lowest BCUT2D eigenvalue weighted by Crippen LogP contribution is -2.37. The highest BCUT2D eigenvalue weighted by Crippen LogP contribution is 2.14. The van der Waals surface area contributed by atoms with E-state index in [1.165, 1.54) is 0 Å². The molecule has 0 radical (unpaired) electrons. The zero-order valence-corrected chi connectivity index (χ0v) is 10.9. The van der Waals surface area contributed by atoms with E-state index in [1.807, 2.05) is 0 Å². The molecule has 1 unspecified atom stereocenters. The fourth-order valence-electron chi connectivity index (χ4n) is 2.30. The molecule has 0 aliphatic carbocycles. The summed E-state index contributed by atoms with van der Waals surface area (Å²) in [6.07, 6.45) is 4.20. The van der Waals surface area contributed by atoms with Gasteiger partial charge >= 0.3 is 0 Å². The first-order valence-electron chi connectivity index (χ1n) is 6.80. The standard InChI is InChI=1S/C12H19N5O2/c1-2-10(19-5-1)8-13-11-9-14-16-12(15-11)17-3-6-18-7-4-17/h9-10H,1-8H2,(H,13,15,16). The molecule has 1 atom stereocenters. The van der Waals surface area contributed by atoms with Crippen LogP contribution in [0.5, 0.6) is 0 Å². The van der Waals surface area contributed by atoms with E-state index in [-0.39, 0.29) is 0 Å². The molecule has 1 aromatic rings. The topological polar surface area (TPSA) is 72.4 Å². The summed E-state index contributed by atoms with van der Waals surface area (Å²) in [6.45, 7) is 4.72. The minimum Gasteiger partial charge on any atom is -0.378 e. The van der Waals surface area contributed by atoms with E-state index >= 15 is 0 Å². The van der Waals surface area contributed by atoms with Crippen molar-refractivity contribution in [2.75, 3.05) is 49.7 Å². The van der Waals surface area contributed by atoms with Crippen molar-refractivity contribution in [3.63, 3.8) is 0 Å². The Kier molecular flexibility index (Phi) is 4.04. The van der Waals surface area contributed by atoms with E-state index in [4.69, 9.17) is 9.47 Å². The Balaban J connectivity index is 1.58. The quantitative estimate of drug-likeness (QED) is 0.839. The van der Waals surface area contributed by atoms with Crippen LogP contribution in [-0.2, 0) is 9.47 Å². The maximum absolute atomic E-state index is 5.57. The monoisotopic (exact) mass is 265 g/mol. The highest BCUT2D eigenvalue weighted by atomic mass is 16.5. The van der Waals surface area contributed by atoms with Crippen molar-refractivity contribution in [2.45, 2.75) is 18.9 Å². The molecule has 2 saturated heterocycles. The van der Waals surface area contributed by atoms with E-state index in [2.05, 4.69) is 25.4 Å². The van der Waals surface area contributed by atoms with Crippen LogP contribution in [0, 0.1) is 0 Å². The molecule has 0 bridgehead atoms. The molecule has 0 aromatic carbocycles. The number of anilines is 2. The van der Waals surface area contributed by atoms with Crippen molar-refractivity contribution in [3.8, 4) is 0 Å². The number of nitrogens with one attached hydrogen (secondary N) is 1. The summed E-state index contributed by atoms with van der Waals surface area (Å²) in [6, 6.07) is 0. The lowest BCUT2D eigenvalue weighted by atomic mass is 10.2. The Morgan fingerprint density at radius 3 is 3.00 bits per heavy atom. The number of nitrogens with zero attached hydrogens (tertiary/aromatic N) is 4. The molecule has 3 heterocycles.